The van der Waals surface area contributed by atoms with Crippen molar-refractivity contribution in [3.63, 3.8) is 0 Å². The minimum absolute atomic E-state index is 0. The van der Waals surface area contributed by atoms with Crippen molar-refractivity contribution in [2.75, 3.05) is 25.9 Å². The molecule has 0 spiro atoms. The molecule has 0 saturated carbocycles. The molecule has 0 heterocycles. The zero-order valence-corrected chi connectivity index (χ0v) is 20.3. The summed E-state index contributed by atoms with van der Waals surface area (Å²) in [6, 6.07) is 8.11. The summed E-state index contributed by atoms with van der Waals surface area (Å²) >= 11 is 3.43. The Hall–Kier alpha value is -0.350. The average Bonchev–Trinajstić information content (AvgIpc) is 2.47. The van der Waals surface area contributed by atoms with Gasteiger partial charge in [-0.15, -0.1) is 24.0 Å². The number of benzene rings is 1. The quantitative estimate of drug-likeness (QED) is 0.336. The van der Waals surface area contributed by atoms with Crippen LogP contribution in [-0.2, 0) is 16.4 Å². The van der Waals surface area contributed by atoms with Gasteiger partial charge in [-0.25, -0.2) is 8.42 Å². The normalized spacial score (nSPS) is 12.5. The first-order valence-corrected chi connectivity index (χ1v) is 10.5. The Balaban J connectivity index is 0.00000576. The molecule has 0 aliphatic heterocycles. The van der Waals surface area contributed by atoms with E-state index in [0.29, 0.717) is 12.5 Å². The lowest BCUT2D eigenvalue weighted by Gasteiger charge is -2.23. The van der Waals surface area contributed by atoms with Crippen molar-refractivity contribution in [3.8, 4) is 0 Å². The summed E-state index contributed by atoms with van der Waals surface area (Å²) in [5.74, 6) is 0.766. The molecule has 0 amide bonds. The van der Waals surface area contributed by atoms with Gasteiger partial charge in [-0.3, -0.25) is 4.99 Å². The van der Waals surface area contributed by atoms with Crippen molar-refractivity contribution in [1.29, 1.82) is 0 Å². The standard InChI is InChI=1S/C17H28BrN3O2S.HI/c1-6-19-16(20-11-12-24(22,23)17(2,3)4)21(5)13-14-7-9-15(18)10-8-14;/h7-10H,6,11-13H2,1-5H3,(H,19,20);1H. The molecule has 0 saturated heterocycles. The van der Waals surface area contributed by atoms with Crippen LogP contribution in [0.25, 0.3) is 0 Å². The highest BCUT2D eigenvalue weighted by molar-refractivity contribution is 14.0. The van der Waals surface area contributed by atoms with E-state index in [1.54, 1.807) is 20.8 Å². The lowest BCUT2D eigenvalue weighted by Crippen LogP contribution is -2.39. The molecule has 8 heteroatoms. The fourth-order valence-corrected chi connectivity index (χ4v) is 3.19. The predicted molar refractivity (Wildman–Crippen MR) is 121 cm³/mol. The van der Waals surface area contributed by atoms with Crippen molar-refractivity contribution < 1.29 is 8.42 Å². The van der Waals surface area contributed by atoms with E-state index in [2.05, 4.69) is 26.2 Å². The molecule has 1 aromatic carbocycles. The van der Waals surface area contributed by atoms with Crippen LogP contribution in [0, 0.1) is 0 Å². The van der Waals surface area contributed by atoms with Gasteiger partial charge in [-0.1, -0.05) is 28.1 Å². The van der Waals surface area contributed by atoms with Gasteiger partial charge < -0.3 is 10.2 Å². The minimum Gasteiger partial charge on any atom is -0.357 e. The van der Waals surface area contributed by atoms with Crippen LogP contribution in [0.4, 0.5) is 0 Å². The van der Waals surface area contributed by atoms with Crippen LogP contribution >= 0.6 is 39.9 Å². The molecule has 0 fully saturated rings. The lowest BCUT2D eigenvalue weighted by atomic mass is 10.2. The third-order valence-electron chi connectivity index (χ3n) is 3.58. The highest BCUT2D eigenvalue weighted by Crippen LogP contribution is 2.16. The maximum Gasteiger partial charge on any atom is 0.193 e. The van der Waals surface area contributed by atoms with E-state index in [4.69, 9.17) is 0 Å². The number of nitrogens with zero attached hydrogens (tertiary/aromatic N) is 2. The Morgan fingerprint density at radius 1 is 1.24 bits per heavy atom. The van der Waals surface area contributed by atoms with Crippen LogP contribution in [0.3, 0.4) is 0 Å². The second-order valence-corrected chi connectivity index (χ2v) is 10.4. The average molecular weight is 546 g/mol. The number of rotatable bonds is 6. The molecule has 1 N–H and O–H groups in total. The third-order valence-corrected chi connectivity index (χ3v) is 6.70. The van der Waals surface area contributed by atoms with E-state index in [1.165, 1.54) is 0 Å². The Bertz CT molecular complexity index is 655. The van der Waals surface area contributed by atoms with Crippen LogP contribution in [0.1, 0.15) is 33.3 Å². The second kappa shape index (κ2) is 10.7. The van der Waals surface area contributed by atoms with Crippen LogP contribution < -0.4 is 5.32 Å². The Kier molecular flexibility index (Phi) is 10.6. The van der Waals surface area contributed by atoms with Gasteiger partial charge in [0.05, 0.1) is 17.0 Å². The van der Waals surface area contributed by atoms with Crippen LogP contribution in [0.15, 0.2) is 33.7 Å². The van der Waals surface area contributed by atoms with Gasteiger partial charge in [0, 0.05) is 24.6 Å². The number of hydrogen-bond donors (Lipinski definition) is 1. The van der Waals surface area contributed by atoms with Crippen molar-refractivity contribution in [1.82, 2.24) is 10.2 Å². The van der Waals surface area contributed by atoms with E-state index in [0.717, 1.165) is 16.6 Å². The maximum absolute atomic E-state index is 12.2. The van der Waals surface area contributed by atoms with Gasteiger partial charge >= 0.3 is 0 Å². The fraction of sp³-hybridized carbons (Fsp3) is 0.588. The first-order valence-electron chi connectivity index (χ1n) is 8.03. The number of sulfone groups is 1. The molecule has 25 heavy (non-hydrogen) atoms. The first-order chi connectivity index (χ1) is 11.1. The highest BCUT2D eigenvalue weighted by atomic mass is 127. The van der Waals surface area contributed by atoms with Gasteiger partial charge in [0.1, 0.15) is 0 Å². The van der Waals surface area contributed by atoms with E-state index in [-0.39, 0.29) is 36.3 Å². The summed E-state index contributed by atoms with van der Waals surface area (Å²) in [5.41, 5.74) is 1.16. The topological polar surface area (TPSA) is 61.8 Å². The molecule has 0 aliphatic rings. The van der Waals surface area contributed by atoms with Gasteiger partial charge in [0.25, 0.3) is 0 Å². The largest absolute Gasteiger partial charge is 0.357 e. The SMILES string of the molecule is CCNC(=NCCS(=O)(=O)C(C)(C)C)N(C)Cc1ccc(Br)cc1.I. The lowest BCUT2D eigenvalue weighted by molar-refractivity contribution is 0.477. The number of aliphatic imine (C=N–C) groups is 1. The Morgan fingerprint density at radius 2 is 1.80 bits per heavy atom. The molecular weight excluding hydrogens is 517 g/mol. The first kappa shape index (κ1) is 24.7. The number of guanidine groups is 1. The number of nitrogens with one attached hydrogen (secondary N) is 1. The predicted octanol–water partition coefficient (Wildman–Crippen LogP) is 3.68. The molecular formula is C17H29BrIN3O2S. The highest BCUT2D eigenvalue weighted by Gasteiger charge is 2.28. The molecule has 0 aliphatic carbocycles. The van der Waals surface area contributed by atoms with E-state index >= 15 is 0 Å². The molecule has 0 unspecified atom stereocenters. The smallest absolute Gasteiger partial charge is 0.193 e. The maximum atomic E-state index is 12.2. The zero-order valence-electron chi connectivity index (χ0n) is 15.5. The molecule has 5 nitrogen and oxygen atoms in total. The fourth-order valence-electron chi connectivity index (χ4n) is 1.99. The Labute approximate surface area is 177 Å². The number of halogens is 2. The Morgan fingerprint density at radius 3 is 2.28 bits per heavy atom. The summed E-state index contributed by atoms with van der Waals surface area (Å²) in [5, 5.41) is 3.21. The van der Waals surface area contributed by atoms with Crippen molar-refractivity contribution in [2.24, 2.45) is 4.99 Å². The second-order valence-electron chi connectivity index (χ2n) is 6.65. The summed E-state index contributed by atoms with van der Waals surface area (Å²) in [6.07, 6.45) is 0. The van der Waals surface area contributed by atoms with Gasteiger partial charge in [-0.05, 0) is 45.4 Å². The van der Waals surface area contributed by atoms with Gasteiger partial charge in [-0.2, -0.15) is 0 Å². The molecule has 0 radical (unpaired) electrons. The zero-order chi connectivity index (χ0) is 18.4. The van der Waals surface area contributed by atoms with E-state index in [1.807, 2.05) is 43.1 Å². The number of hydrogen-bond acceptors (Lipinski definition) is 3. The van der Waals surface area contributed by atoms with Crippen LogP contribution in [0.2, 0.25) is 0 Å². The summed E-state index contributed by atoms with van der Waals surface area (Å²) in [4.78, 5) is 6.47. The molecule has 144 valence electrons. The molecule has 0 atom stereocenters. The van der Waals surface area contributed by atoms with E-state index < -0.39 is 14.6 Å². The third kappa shape index (κ3) is 8.25. The summed E-state index contributed by atoms with van der Waals surface area (Å²) in [7, 11) is -1.21. The van der Waals surface area contributed by atoms with Crippen molar-refractivity contribution >= 4 is 55.7 Å². The van der Waals surface area contributed by atoms with Gasteiger partial charge in [0.2, 0.25) is 0 Å². The van der Waals surface area contributed by atoms with Gasteiger partial charge in [0.15, 0.2) is 15.8 Å². The summed E-state index contributed by atoms with van der Waals surface area (Å²) < 4.78 is 24.7. The molecule has 1 rings (SSSR count). The van der Waals surface area contributed by atoms with Crippen LogP contribution in [-0.4, -0.2) is 49.9 Å². The molecule has 0 aromatic heterocycles. The summed E-state index contributed by atoms with van der Waals surface area (Å²) in [6.45, 7) is 8.84. The minimum atomic E-state index is -3.16. The monoisotopic (exact) mass is 545 g/mol. The van der Waals surface area contributed by atoms with Crippen LogP contribution in [0.5, 0.6) is 0 Å². The van der Waals surface area contributed by atoms with Crippen molar-refractivity contribution in [2.45, 2.75) is 39.0 Å². The molecule has 1 aromatic rings. The molecule has 0 bridgehead atoms. The van der Waals surface area contributed by atoms with E-state index in [9.17, 15) is 8.42 Å². The van der Waals surface area contributed by atoms with Crippen molar-refractivity contribution in [3.05, 3.63) is 34.3 Å².